The van der Waals surface area contributed by atoms with Crippen molar-refractivity contribution in [2.75, 3.05) is 34.4 Å². The van der Waals surface area contributed by atoms with E-state index in [0.29, 0.717) is 54.3 Å². The number of methoxy groups -OCH3 is 3. The van der Waals surface area contributed by atoms with Crippen LogP contribution in [0.1, 0.15) is 33.6 Å². The van der Waals surface area contributed by atoms with Crippen molar-refractivity contribution >= 4 is 11.8 Å². The Balaban J connectivity index is 1.57. The number of rotatable bonds is 6. The molecule has 3 rings (SSSR count). The minimum absolute atomic E-state index is 0.0307. The van der Waals surface area contributed by atoms with Crippen LogP contribution < -0.4 is 19.5 Å². The van der Waals surface area contributed by atoms with Gasteiger partial charge in [0.15, 0.2) is 11.5 Å². The van der Waals surface area contributed by atoms with Gasteiger partial charge in [-0.2, -0.15) is 0 Å². The topological polar surface area (TPSA) is 77.1 Å². The number of hydrogen-bond acceptors (Lipinski definition) is 5. The van der Waals surface area contributed by atoms with Crippen LogP contribution in [0.2, 0.25) is 0 Å². The average molecular weight is 398 g/mol. The Bertz CT molecular complexity index is 875. The molecule has 7 heteroatoms. The first-order valence-corrected chi connectivity index (χ1v) is 9.52. The molecular weight excluding hydrogens is 372 g/mol. The van der Waals surface area contributed by atoms with E-state index in [4.69, 9.17) is 14.2 Å². The van der Waals surface area contributed by atoms with Gasteiger partial charge in [0, 0.05) is 30.3 Å². The number of hydrogen-bond donors (Lipinski definition) is 1. The highest BCUT2D eigenvalue weighted by atomic mass is 16.5. The fourth-order valence-electron chi connectivity index (χ4n) is 3.41. The highest BCUT2D eigenvalue weighted by Gasteiger charge is 2.25. The van der Waals surface area contributed by atoms with Crippen molar-refractivity contribution in [2.45, 2.75) is 18.9 Å². The van der Waals surface area contributed by atoms with E-state index in [1.807, 2.05) is 0 Å². The molecule has 1 N–H and O–H groups in total. The van der Waals surface area contributed by atoms with Crippen LogP contribution in [0.15, 0.2) is 42.5 Å². The monoisotopic (exact) mass is 398 g/mol. The van der Waals surface area contributed by atoms with Gasteiger partial charge in [-0.25, -0.2) is 0 Å². The molecule has 0 bridgehead atoms. The lowest BCUT2D eigenvalue weighted by Gasteiger charge is -2.32. The zero-order valence-electron chi connectivity index (χ0n) is 16.9. The van der Waals surface area contributed by atoms with Crippen molar-refractivity contribution in [3.8, 4) is 17.2 Å². The number of carbonyl (C=O) groups is 2. The van der Waals surface area contributed by atoms with E-state index in [1.54, 1.807) is 68.7 Å². The third-order valence-corrected chi connectivity index (χ3v) is 5.08. The van der Waals surface area contributed by atoms with Crippen LogP contribution in [0.3, 0.4) is 0 Å². The summed E-state index contributed by atoms with van der Waals surface area (Å²) in [6, 6.07) is 12.3. The molecule has 0 spiro atoms. The van der Waals surface area contributed by atoms with Crippen molar-refractivity contribution in [2.24, 2.45) is 0 Å². The molecule has 7 nitrogen and oxygen atoms in total. The first kappa shape index (κ1) is 20.5. The van der Waals surface area contributed by atoms with Crippen LogP contribution >= 0.6 is 0 Å². The van der Waals surface area contributed by atoms with E-state index in [2.05, 4.69) is 5.32 Å². The molecule has 0 aromatic heterocycles. The Kier molecular flexibility index (Phi) is 6.59. The molecule has 1 aliphatic heterocycles. The van der Waals surface area contributed by atoms with Crippen molar-refractivity contribution in [3.63, 3.8) is 0 Å². The number of likely N-dealkylation sites (tertiary alicyclic amines) is 1. The number of nitrogens with one attached hydrogen (secondary N) is 1. The lowest BCUT2D eigenvalue weighted by atomic mass is 10.0. The van der Waals surface area contributed by atoms with E-state index >= 15 is 0 Å². The Hall–Kier alpha value is -3.22. The lowest BCUT2D eigenvalue weighted by molar-refractivity contribution is 0.0697. The minimum Gasteiger partial charge on any atom is -0.497 e. The van der Waals surface area contributed by atoms with Crippen LogP contribution in [0.4, 0.5) is 0 Å². The molecule has 2 aromatic carbocycles. The van der Waals surface area contributed by atoms with Crippen molar-refractivity contribution < 1.29 is 23.8 Å². The summed E-state index contributed by atoms with van der Waals surface area (Å²) in [6.07, 6.45) is 1.41. The molecule has 0 radical (unpaired) electrons. The van der Waals surface area contributed by atoms with Gasteiger partial charge in [-0.3, -0.25) is 9.59 Å². The second-order valence-corrected chi connectivity index (χ2v) is 6.84. The van der Waals surface area contributed by atoms with Gasteiger partial charge in [0.2, 0.25) is 0 Å². The number of ether oxygens (including phenoxy) is 3. The lowest BCUT2D eigenvalue weighted by Crippen LogP contribution is -2.46. The van der Waals surface area contributed by atoms with Crippen molar-refractivity contribution in [1.29, 1.82) is 0 Å². The van der Waals surface area contributed by atoms with Crippen LogP contribution in [0.5, 0.6) is 17.2 Å². The highest BCUT2D eigenvalue weighted by Crippen LogP contribution is 2.28. The van der Waals surface area contributed by atoms with Gasteiger partial charge in [-0.15, -0.1) is 0 Å². The predicted octanol–water partition coefficient (Wildman–Crippen LogP) is 2.75. The van der Waals surface area contributed by atoms with Crippen molar-refractivity contribution in [3.05, 3.63) is 53.6 Å². The first-order chi connectivity index (χ1) is 14.0. The largest absolute Gasteiger partial charge is 0.497 e. The third-order valence-electron chi connectivity index (χ3n) is 5.08. The average Bonchev–Trinajstić information content (AvgIpc) is 2.78. The summed E-state index contributed by atoms with van der Waals surface area (Å²) in [7, 11) is 4.68. The van der Waals surface area contributed by atoms with Crippen LogP contribution in [-0.2, 0) is 0 Å². The van der Waals surface area contributed by atoms with Crippen LogP contribution in [-0.4, -0.2) is 57.2 Å². The van der Waals surface area contributed by atoms with E-state index in [0.717, 1.165) is 0 Å². The maximum absolute atomic E-state index is 12.8. The van der Waals surface area contributed by atoms with Gasteiger partial charge < -0.3 is 24.4 Å². The molecule has 0 aliphatic carbocycles. The maximum Gasteiger partial charge on any atom is 0.253 e. The number of nitrogens with zero attached hydrogens (tertiary/aromatic N) is 1. The standard InChI is InChI=1S/C22H26N2O5/c1-27-18-6-4-5-15(13-18)21(25)23-17-9-11-24(12-10-17)22(26)16-7-8-19(28-2)20(14-16)29-3/h4-8,13-14,17H,9-12H2,1-3H3,(H,23,25). The fraction of sp³-hybridized carbons (Fsp3) is 0.364. The summed E-state index contributed by atoms with van der Waals surface area (Å²) in [5.41, 5.74) is 1.12. The molecule has 2 amide bonds. The summed E-state index contributed by atoms with van der Waals surface area (Å²) in [6.45, 7) is 1.16. The molecule has 2 aromatic rings. The molecule has 0 atom stereocenters. The summed E-state index contributed by atoms with van der Waals surface area (Å²) in [5, 5.41) is 3.05. The third kappa shape index (κ3) is 4.80. The summed E-state index contributed by atoms with van der Waals surface area (Å²) in [4.78, 5) is 27.1. The van der Waals surface area contributed by atoms with Crippen molar-refractivity contribution in [1.82, 2.24) is 10.2 Å². The molecule has 0 unspecified atom stereocenters. The Labute approximate surface area is 170 Å². The van der Waals surface area contributed by atoms with E-state index in [9.17, 15) is 9.59 Å². The van der Waals surface area contributed by atoms with E-state index in [1.165, 1.54) is 0 Å². The summed E-state index contributed by atoms with van der Waals surface area (Å²) in [5.74, 6) is 1.58. The normalized spacial score (nSPS) is 14.2. The maximum atomic E-state index is 12.8. The molecule has 1 fully saturated rings. The predicted molar refractivity (Wildman–Crippen MR) is 109 cm³/mol. The molecule has 1 heterocycles. The van der Waals surface area contributed by atoms with Gasteiger partial charge >= 0.3 is 0 Å². The van der Waals surface area contributed by atoms with E-state index < -0.39 is 0 Å². The number of benzene rings is 2. The molecule has 0 saturated carbocycles. The van der Waals surface area contributed by atoms with Gasteiger partial charge in [-0.05, 0) is 49.2 Å². The number of amides is 2. The quantitative estimate of drug-likeness (QED) is 0.810. The van der Waals surface area contributed by atoms with Crippen LogP contribution in [0.25, 0.3) is 0 Å². The number of piperidine rings is 1. The molecule has 29 heavy (non-hydrogen) atoms. The SMILES string of the molecule is COc1cccc(C(=O)NC2CCN(C(=O)c3ccc(OC)c(OC)c3)CC2)c1. The van der Waals surface area contributed by atoms with Crippen LogP contribution in [0, 0.1) is 0 Å². The smallest absolute Gasteiger partial charge is 0.253 e. The molecule has 154 valence electrons. The highest BCUT2D eigenvalue weighted by molar-refractivity contribution is 5.95. The fourth-order valence-corrected chi connectivity index (χ4v) is 3.41. The summed E-state index contributed by atoms with van der Waals surface area (Å²) < 4.78 is 15.7. The zero-order valence-corrected chi connectivity index (χ0v) is 16.9. The number of carbonyl (C=O) groups excluding carboxylic acids is 2. The second-order valence-electron chi connectivity index (χ2n) is 6.84. The molecule has 1 aliphatic rings. The van der Waals surface area contributed by atoms with Gasteiger partial charge in [0.1, 0.15) is 5.75 Å². The van der Waals surface area contributed by atoms with E-state index in [-0.39, 0.29) is 17.9 Å². The first-order valence-electron chi connectivity index (χ1n) is 9.52. The summed E-state index contributed by atoms with van der Waals surface area (Å²) >= 11 is 0. The molecule has 1 saturated heterocycles. The zero-order chi connectivity index (χ0) is 20.8. The Morgan fingerprint density at radius 2 is 1.62 bits per heavy atom. The van der Waals surface area contributed by atoms with Gasteiger partial charge in [-0.1, -0.05) is 6.07 Å². The minimum atomic E-state index is -0.131. The molecular formula is C22H26N2O5. The van der Waals surface area contributed by atoms with Gasteiger partial charge in [0.25, 0.3) is 11.8 Å². The Morgan fingerprint density at radius 1 is 0.897 bits per heavy atom. The Morgan fingerprint density at radius 3 is 2.28 bits per heavy atom. The second kappa shape index (κ2) is 9.32. The van der Waals surface area contributed by atoms with Gasteiger partial charge in [0.05, 0.1) is 21.3 Å².